The van der Waals surface area contributed by atoms with Gasteiger partial charge in [0.1, 0.15) is 11.8 Å². The lowest BCUT2D eigenvalue weighted by molar-refractivity contribution is -0.141. The van der Waals surface area contributed by atoms with Crippen molar-refractivity contribution in [2.75, 3.05) is 5.75 Å². The van der Waals surface area contributed by atoms with Crippen molar-refractivity contribution < 1.29 is 13.2 Å². The zero-order valence-electron chi connectivity index (χ0n) is 11.2. The molecule has 1 aromatic carbocycles. The Morgan fingerprint density at radius 2 is 2.10 bits per heavy atom. The average molecular weight is 311 g/mol. The van der Waals surface area contributed by atoms with Gasteiger partial charge in [-0.15, -0.1) is 11.8 Å². The zero-order valence-corrected chi connectivity index (χ0v) is 12.0. The molecule has 2 rings (SSSR count). The molecule has 0 aliphatic carbocycles. The van der Waals surface area contributed by atoms with Crippen molar-refractivity contribution in [2.45, 2.75) is 24.4 Å². The maximum absolute atomic E-state index is 12.6. The number of nitriles is 1. The molecule has 0 amide bonds. The number of rotatable bonds is 4. The van der Waals surface area contributed by atoms with Gasteiger partial charge >= 0.3 is 6.18 Å². The Kier molecular flexibility index (Phi) is 4.58. The average Bonchev–Trinajstić information content (AvgIpc) is 2.94. The summed E-state index contributed by atoms with van der Waals surface area (Å²) in [6.45, 7) is 2.02. The van der Waals surface area contributed by atoms with Gasteiger partial charge in [0, 0.05) is 10.5 Å². The van der Waals surface area contributed by atoms with Gasteiger partial charge < -0.3 is 0 Å². The topological polar surface area (TPSA) is 52.5 Å². The first-order chi connectivity index (χ1) is 9.95. The minimum absolute atomic E-state index is 0.213. The molecule has 0 saturated carbocycles. The van der Waals surface area contributed by atoms with Crippen molar-refractivity contribution >= 4 is 11.8 Å². The van der Waals surface area contributed by atoms with E-state index in [0.29, 0.717) is 11.1 Å². The van der Waals surface area contributed by atoms with Crippen LogP contribution in [0.4, 0.5) is 13.2 Å². The summed E-state index contributed by atoms with van der Waals surface area (Å²) in [5, 5.41) is 14.7. The lowest BCUT2D eigenvalue weighted by Gasteiger charge is -2.05. The Balaban J connectivity index is 2.36. The second-order valence-corrected chi connectivity index (χ2v) is 5.47. The molecule has 1 heterocycles. The van der Waals surface area contributed by atoms with E-state index in [1.807, 2.05) is 12.0 Å². The molecule has 1 aromatic heterocycles. The second kappa shape index (κ2) is 6.22. The summed E-state index contributed by atoms with van der Waals surface area (Å²) in [4.78, 5) is 0.758. The van der Waals surface area contributed by atoms with Crippen LogP contribution in [-0.2, 0) is 6.18 Å². The molecule has 0 unspecified atom stereocenters. The summed E-state index contributed by atoms with van der Waals surface area (Å²) in [6, 6.07) is 7.96. The molecular formula is C14H12F3N3S. The minimum atomic E-state index is -4.45. The van der Waals surface area contributed by atoms with Gasteiger partial charge in [-0.1, -0.05) is 13.0 Å². The molecule has 0 atom stereocenters. The third-order valence-electron chi connectivity index (χ3n) is 2.74. The van der Waals surface area contributed by atoms with Gasteiger partial charge in [-0.25, -0.2) is 0 Å². The van der Waals surface area contributed by atoms with Crippen LogP contribution in [0.3, 0.4) is 0 Å². The molecule has 7 heteroatoms. The molecule has 2 aromatic rings. The number of aromatic amines is 1. The fourth-order valence-electron chi connectivity index (χ4n) is 1.72. The summed E-state index contributed by atoms with van der Waals surface area (Å²) < 4.78 is 37.7. The molecule has 0 aliphatic rings. The van der Waals surface area contributed by atoms with Crippen LogP contribution >= 0.6 is 11.8 Å². The van der Waals surface area contributed by atoms with E-state index in [0.717, 1.165) is 23.1 Å². The lowest BCUT2D eigenvalue weighted by Crippen LogP contribution is -2.04. The number of thioether (sulfide) groups is 1. The first kappa shape index (κ1) is 15.4. The monoisotopic (exact) mass is 311 g/mol. The normalized spacial score (nSPS) is 11.4. The van der Waals surface area contributed by atoms with E-state index >= 15 is 0 Å². The molecule has 0 saturated heterocycles. The smallest absolute Gasteiger partial charge is 0.273 e. The Hall–Kier alpha value is -1.94. The van der Waals surface area contributed by atoms with E-state index < -0.39 is 11.9 Å². The molecule has 21 heavy (non-hydrogen) atoms. The molecule has 0 radical (unpaired) electrons. The molecule has 110 valence electrons. The zero-order chi connectivity index (χ0) is 15.5. The predicted molar refractivity (Wildman–Crippen MR) is 74.8 cm³/mol. The summed E-state index contributed by atoms with van der Waals surface area (Å²) in [6.07, 6.45) is -3.50. The molecule has 0 bridgehead atoms. The molecule has 0 fully saturated rings. The number of H-pyrrole nitrogens is 1. The van der Waals surface area contributed by atoms with Crippen LogP contribution < -0.4 is 0 Å². The fraction of sp³-hybridized carbons (Fsp3) is 0.286. The van der Waals surface area contributed by atoms with Crippen LogP contribution in [0.25, 0.3) is 11.3 Å². The minimum Gasteiger partial charge on any atom is -0.273 e. The molecule has 3 nitrogen and oxygen atoms in total. The summed E-state index contributed by atoms with van der Waals surface area (Å²) in [5.74, 6) is 0.840. The van der Waals surface area contributed by atoms with Gasteiger partial charge in [-0.05, 0) is 30.4 Å². The van der Waals surface area contributed by atoms with E-state index in [4.69, 9.17) is 5.26 Å². The molecule has 0 aliphatic heterocycles. The van der Waals surface area contributed by atoms with Crippen LogP contribution in [0.15, 0.2) is 29.2 Å². The SMILES string of the molecule is CCCSc1cc(-c2cc(C(F)(F)F)[nH]n2)ccc1C#N. The van der Waals surface area contributed by atoms with Gasteiger partial charge in [-0.3, -0.25) is 5.10 Å². The highest BCUT2D eigenvalue weighted by atomic mass is 32.2. The Bertz CT molecular complexity index is 671. The van der Waals surface area contributed by atoms with Crippen LogP contribution in [0.5, 0.6) is 0 Å². The second-order valence-electron chi connectivity index (χ2n) is 4.34. The summed E-state index contributed by atoms with van der Waals surface area (Å²) in [5.41, 5.74) is 0.401. The van der Waals surface area contributed by atoms with Crippen LogP contribution in [-0.4, -0.2) is 16.0 Å². The van der Waals surface area contributed by atoms with E-state index in [1.165, 1.54) is 11.8 Å². The number of nitrogens with one attached hydrogen (secondary N) is 1. The summed E-state index contributed by atoms with van der Waals surface area (Å²) >= 11 is 1.51. The van der Waals surface area contributed by atoms with Crippen molar-refractivity contribution in [3.05, 3.63) is 35.5 Å². The van der Waals surface area contributed by atoms with Gasteiger partial charge in [0.25, 0.3) is 0 Å². The molecular weight excluding hydrogens is 299 g/mol. The van der Waals surface area contributed by atoms with E-state index in [2.05, 4.69) is 11.2 Å². The lowest BCUT2D eigenvalue weighted by atomic mass is 10.1. The summed E-state index contributed by atoms with van der Waals surface area (Å²) in [7, 11) is 0. The largest absolute Gasteiger partial charge is 0.432 e. The number of hydrogen-bond acceptors (Lipinski definition) is 3. The van der Waals surface area contributed by atoms with Crippen molar-refractivity contribution in [3.63, 3.8) is 0 Å². The van der Waals surface area contributed by atoms with Gasteiger partial charge in [0.2, 0.25) is 0 Å². The van der Waals surface area contributed by atoms with E-state index in [-0.39, 0.29) is 5.69 Å². The number of alkyl halides is 3. The highest BCUT2D eigenvalue weighted by Gasteiger charge is 2.33. The molecule has 0 spiro atoms. The maximum Gasteiger partial charge on any atom is 0.432 e. The number of aromatic nitrogens is 2. The van der Waals surface area contributed by atoms with E-state index in [9.17, 15) is 13.2 Å². The maximum atomic E-state index is 12.6. The molecule has 1 N–H and O–H groups in total. The van der Waals surface area contributed by atoms with Crippen molar-refractivity contribution in [1.82, 2.24) is 10.2 Å². The van der Waals surface area contributed by atoms with Crippen molar-refractivity contribution in [3.8, 4) is 17.3 Å². The first-order valence-corrected chi connectivity index (χ1v) is 7.24. The standard InChI is InChI=1S/C14H12F3N3S/c1-2-5-21-12-6-9(3-4-10(12)8-18)11-7-13(20-19-11)14(15,16)17/h3-4,6-7H,2,5H2,1H3,(H,19,20). The first-order valence-electron chi connectivity index (χ1n) is 6.25. The number of benzene rings is 1. The van der Waals surface area contributed by atoms with Gasteiger partial charge in [0.15, 0.2) is 0 Å². The van der Waals surface area contributed by atoms with E-state index in [1.54, 1.807) is 18.2 Å². The van der Waals surface area contributed by atoms with Crippen molar-refractivity contribution in [1.29, 1.82) is 5.26 Å². The van der Waals surface area contributed by atoms with Crippen LogP contribution in [0, 0.1) is 11.3 Å². The van der Waals surface area contributed by atoms with Crippen LogP contribution in [0.1, 0.15) is 24.6 Å². The van der Waals surface area contributed by atoms with Gasteiger partial charge in [0.05, 0.1) is 11.3 Å². The van der Waals surface area contributed by atoms with Gasteiger partial charge in [-0.2, -0.15) is 23.5 Å². The Labute approximate surface area is 124 Å². The Morgan fingerprint density at radius 3 is 2.67 bits per heavy atom. The predicted octanol–water partition coefficient (Wildman–Crippen LogP) is 4.47. The number of hydrogen-bond donors (Lipinski definition) is 1. The third-order valence-corrected chi connectivity index (χ3v) is 4.00. The number of halogens is 3. The highest BCUT2D eigenvalue weighted by Crippen LogP contribution is 2.32. The van der Waals surface area contributed by atoms with Crippen molar-refractivity contribution in [2.24, 2.45) is 0 Å². The fourth-order valence-corrected chi connectivity index (χ4v) is 2.62. The Morgan fingerprint density at radius 1 is 1.33 bits per heavy atom. The van der Waals surface area contributed by atoms with Crippen LogP contribution in [0.2, 0.25) is 0 Å². The quantitative estimate of drug-likeness (QED) is 0.848. The highest BCUT2D eigenvalue weighted by molar-refractivity contribution is 7.99. The third kappa shape index (κ3) is 3.58. The number of nitrogens with zero attached hydrogens (tertiary/aromatic N) is 2.